The summed E-state index contributed by atoms with van der Waals surface area (Å²) in [7, 11) is 0. The molecular formula is C8H7N3O3. The first-order chi connectivity index (χ1) is 6.61. The van der Waals surface area contributed by atoms with Crippen molar-refractivity contribution >= 4 is 0 Å². The summed E-state index contributed by atoms with van der Waals surface area (Å²) in [6, 6.07) is 2.43. The van der Waals surface area contributed by atoms with Crippen molar-refractivity contribution in [1.82, 2.24) is 9.46 Å². The Bertz CT molecular complexity index is 598. The summed E-state index contributed by atoms with van der Waals surface area (Å²) in [5, 5.41) is 25.9. The highest BCUT2D eigenvalue weighted by molar-refractivity contribution is 5.04. The van der Waals surface area contributed by atoms with E-state index < -0.39 is 5.43 Å². The molecule has 0 spiro atoms. The van der Waals surface area contributed by atoms with E-state index in [9.17, 15) is 15.2 Å². The first-order valence-electron chi connectivity index (χ1n) is 3.81. The van der Waals surface area contributed by atoms with Crippen molar-refractivity contribution in [2.24, 2.45) is 0 Å². The average molecular weight is 193 g/mol. The SMILES string of the molecule is N=c1ccc(=O)c2n(O)ccn(O)c1=2. The molecule has 3 N–H and O–H groups in total. The lowest BCUT2D eigenvalue weighted by Gasteiger charge is -2.03. The Morgan fingerprint density at radius 1 is 1.07 bits per heavy atom. The molecule has 14 heavy (non-hydrogen) atoms. The summed E-state index contributed by atoms with van der Waals surface area (Å²) in [5.41, 5.74) is -0.457. The Hall–Kier alpha value is -2.24. The second kappa shape index (κ2) is 2.63. The molecule has 0 fully saturated rings. The predicted molar refractivity (Wildman–Crippen MR) is 44.2 cm³/mol. The molecule has 0 amide bonds. The van der Waals surface area contributed by atoms with Crippen molar-refractivity contribution in [3.8, 4) is 0 Å². The van der Waals surface area contributed by atoms with Crippen LogP contribution in [0.5, 0.6) is 0 Å². The molecule has 0 bridgehead atoms. The molecule has 1 heterocycles. The summed E-state index contributed by atoms with van der Waals surface area (Å²) in [5.74, 6) is 0. The largest absolute Gasteiger partial charge is 0.428 e. The number of hydrogen-bond acceptors (Lipinski definition) is 4. The van der Waals surface area contributed by atoms with Crippen LogP contribution in [0.25, 0.3) is 0 Å². The van der Waals surface area contributed by atoms with Crippen molar-refractivity contribution < 1.29 is 10.4 Å². The van der Waals surface area contributed by atoms with Crippen molar-refractivity contribution in [1.29, 1.82) is 5.41 Å². The minimum absolute atomic E-state index is 0.0255. The minimum atomic E-state index is -0.457. The van der Waals surface area contributed by atoms with Gasteiger partial charge in [-0.3, -0.25) is 10.2 Å². The van der Waals surface area contributed by atoms with Crippen LogP contribution in [0, 0.1) is 16.1 Å². The van der Waals surface area contributed by atoms with Crippen LogP contribution in [0.4, 0.5) is 0 Å². The van der Waals surface area contributed by atoms with Crippen molar-refractivity contribution in [2.45, 2.75) is 0 Å². The quantitative estimate of drug-likeness (QED) is 0.484. The topological polar surface area (TPSA) is 91.2 Å². The van der Waals surface area contributed by atoms with Crippen LogP contribution >= 0.6 is 0 Å². The third-order valence-corrected chi connectivity index (χ3v) is 1.92. The molecule has 2 aliphatic rings. The van der Waals surface area contributed by atoms with E-state index in [2.05, 4.69) is 0 Å². The first kappa shape index (κ1) is 8.36. The molecule has 0 aromatic heterocycles. The molecule has 1 aliphatic heterocycles. The highest BCUT2D eigenvalue weighted by Crippen LogP contribution is 1.88. The van der Waals surface area contributed by atoms with Crippen LogP contribution in [0.3, 0.4) is 0 Å². The molecule has 0 saturated heterocycles. The Morgan fingerprint density at radius 2 is 1.64 bits per heavy atom. The van der Waals surface area contributed by atoms with Crippen LogP contribution in [-0.4, -0.2) is 19.9 Å². The van der Waals surface area contributed by atoms with Gasteiger partial charge in [0.15, 0.2) is 5.35 Å². The highest BCUT2D eigenvalue weighted by atomic mass is 16.5. The normalized spacial score (nSPS) is 10.6. The summed E-state index contributed by atoms with van der Waals surface area (Å²) in [6.07, 6.45) is 2.25. The Labute approximate surface area is 77.0 Å². The van der Waals surface area contributed by atoms with Gasteiger partial charge in [-0.1, -0.05) is 0 Å². The smallest absolute Gasteiger partial charge is 0.208 e. The Morgan fingerprint density at radius 3 is 2.21 bits per heavy atom. The second-order valence-electron chi connectivity index (χ2n) is 2.80. The lowest BCUT2D eigenvalue weighted by atomic mass is 10.3. The lowest BCUT2D eigenvalue weighted by molar-refractivity contribution is 0.143. The van der Waals surface area contributed by atoms with Gasteiger partial charge in [-0.15, -0.1) is 0 Å². The minimum Gasteiger partial charge on any atom is -0.428 e. The van der Waals surface area contributed by atoms with E-state index in [-0.39, 0.29) is 16.1 Å². The standard InChI is InChI=1S/C8H7N3O3/c9-5-1-2-6(12)8-7(5)10(13)3-4-11(8)14/h1-4,9,13-14H. The molecule has 0 atom stereocenters. The maximum absolute atomic E-state index is 11.3. The van der Waals surface area contributed by atoms with Gasteiger partial charge in [0.1, 0.15) is 5.35 Å². The molecule has 0 aromatic rings. The highest BCUT2D eigenvalue weighted by Gasteiger charge is 2.02. The molecule has 0 saturated carbocycles. The zero-order chi connectivity index (χ0) is 10.3. The van der Waals surface area contributed by atoms with Crippen LogP contribution in [-0.2, 0) is 0 Å². The van der Waals surface area contributed by atoms with Crippen molar-refractivity contribution in [2.75, 3.05) is 0 Å². The van der Waals surface area contributed by atoms with E-state index in [4.69, 9.17) is 5.41 Å². The van der Waals surface area contributed by atoms with Crippen LogP contribution < -0.4 is 10.8 Å². The molecule has 72 valence electrons. The molecule has 0 radical (unpaired) electrons. The van der Waals surface area contributed by atoms with Gasteiger partial charge in [0.05, 0.1) is 17.8 Å². The molecule has 0 unspecified atom stereocenters. The predicted octanol–water partition coefficient (Wildman–Crippen LogP) is -0.671. The number of aromatic nitrogens is 2. The van der Waals surface area contributed by atoms with Gasteiger partial charge in [0, 0.05) is 0 Å². The Kier molecular flexibility index (Phi) is 1.57. The number of rotatable bonds is 0. The number of hydrogen-bond donors (Lipinski definition) is 3. The first-order valence-corrected chi connectivity index (χ1v) is 3.81. The third-order valence-electron chi connectivity index (χ3n) is 1.92. The van der Waals surface area contributed by atoms with E-state index in [1.807, 2.05) is 0 Å². The van der Waals surface area contributed by atoms with Gasteiger partial charge in [-0.25, -0.2) is 0 Å². The summed E-state index contributed by atoms with van der Waals surface area (Å²) < 4.78 is 1.22. The lowest BCUT2D eigenvalue weighted by Crippen LogP contribution is -2.21. The zero-order valence-corrected chi connectivity index (χ0v) is 7.01. The van der Waals surface area contributed by atoms with Gasteiger partial charge in [-0.2, -0.15) is 9.46 Å². The molecule has 6 heteroatoms. The Balaban J connectivity index is 3.37. The zero-order valence-electron chi connectivity index (χ0n) is 7.01. The monoisotopic (exact) mass is 193 g/mol. The third kappa shape index (κ3) is 0.972. The summed E-state index contributed by atoms with van der Waals surface area (Å²) in [4.78, 5) is 11.3. The van der Waals surface area contributed by atoms with Gasteiger partial charge < -0.3 is 10.4 Å². The molecule has 2 rings (SSSR count). The summed E-state index contributed by atoms with van der Waals surface area (Å²) >= 11 is 0. The van der Waals surface area contributed by atoms with Crippen LogP contribution in [0.2, 0.25) is 0 Å². The van der Waals surface area contributed by atoms with Gasteiger partial charge in [0.25, 0.3) is 0 Å². The fourth-order valence-electron chi connectivity index (χ4n) is 1.29. The number of nitrogens with zero attached hydrogens (tertiary/aromatic N) is 2. The fourth-order valence-corrected chi connectivity index (χ4v) is 1.29. The van der Waals surface area contributed by atoms with Crippen molar-refractivity contribution in [3.05, 3.63) is 50.8 Å². The van der Waals surface area contributed by atoms with E-state index >= 15 is 0 Å². The van der Waals surface area contributed by atoms with Crippen LogP contribution in [0.1, 0.15) is 0 Å². The molecule has 0 aromatic carbocycles. The average Bonchev–Trinajstić information content (AvgIpc) is 2.16. The van der Waals surface area contributed by atoms with E-state index in [1.165, 1.54) is 6.07 Å². The fraction of sp³-hybridized carbons (Fsp3) is 0. The molecule has 1 aliphatic carbocycles. The van der Waals surface area contributed by atoms with Gasteiger partial charge >= 0.3 is 0 Å². The maximum Gasteiger partial charge on any atom is 0.208 e. The molecule has 6 nitrogen and oxygen atoms in total. The van der Waals surface area contributed by atoms with E-state index in [0.717, 1.165) is 18.5 Å². The van der Waals surface area contributed by atoms with Gasteiger partial charge in [0.2, 0.25) is 5.43 Å². The maximum atomic E-state index is 11.3. The van der Waals surface area contributed by atoms with Gasteiger partial charge in [-0.05, 0) is 12.1 Å². The summed E-state index contributed by atoms with van der Waals surface area (Å²) in [6.45, 7) is 0. The van der Waals surface area contributed by atoms with E-state index in [0.29, 0.717) is 9.46 Å². The number of nitrogens with one attached hydrogen (secondary N) is 1. The van der Waals surface area contributed by atoms with Crippen LogP contribution in [0.15, 0.2) is 29.3 Å². The second-order valence-corrected chi connectivity index (χ2v) is 2.80. The van der Waals surface area contributed by atoms with Crippen molar-refractivity contribution in [3.63, 3.8) is 0 Å². The van der Waals surface area contributed by atoms with E-state index in [1.54, 1.807) is 0 Å². The molecular weight excluding hydrogens is 186 g/mol.